The van der Waals surface area contributed by atoms with E-state index < -0.39 is 0 Å². The van der Waals surface area contributed by atoms with Gasteiger partial charge in [0, 0.05) is 22.9 Å². The minimum atomic E-state index is -0.263. The molecule has 0 spiro atoms. The minimum absolute atomic E-state index is 0.0909. The third-order valence-electron chi connectivity index (χ3n) is 3.76. The van der Waals surface area contributed by atoms with Gasteiger partial charge in [-0.2, -0.15) is 0 Å². The van der Waals surface area contributed by atoms with Crippen molar-refractivity contribution in [3.8, 4) is 5.75 Å². The lowest BCUT2D eigenvalue weighted by molar-refractivity contribution is -0.132. The van der Waals surface area contributed by atoms with Gasteiger partial charge in [-0.05, 0) is 48.7 Å². The second-order valence-corrected chi connectivity index (χ2v) is 9.42. The molecule has 24 heavy (non-hydrogen) atoms. The topological polar surface area (TPSA) is 38.3 Å². The van der Waals surface area contributed by atoms with Crippen LogP contribution in [0.1, 0.15) is 66.0 Å². The Kier molecular flexibility index (Phi) is 7.36. The summed E-state index contributed by atoms with van der Waals surface area (Å²) < 4.78 is 5.67. The quantitative estimate of drug-likeness (QED) is 0.342. The van der Waals surface area contributed by atoms with E-state index >= 15 is 0 Å². The predicted octanol–water partition coefficient (Wildman–Crippen LogP) is 4.91. The first-order chi connectivity index (χ1) is 11.0. The number of esters is 1. The standard InChI is InChI=1S/C20H33NO2S/c1-14(22)23-18-16(19(2,3)4)12-15(24-11-9-10-21-8)13-17(18)20(5,6)7/h12-13,21H,9-11H2,1-8H3. The molecule has 0 atom stereocenters. The van der Waals surface area contributed by atoms with E-state index in [1.165, 1.54) is 11.8 Å². The normalized spacial score (nSPS) is 12.3. The van der Waals surface area contributed by atoms with Gasteiger partial charge >= 0.3 is 5.97 Å². The smallest absolute Gasteiger partial charge is 0.308 e. The van der Waals surface area contributed by atoms with Crippen LogP contribution in [0.2, 0.25) is 0 Å². The van der Waals surface area contributed by atoms with Gasteiger partial charge in [0.1, 0.15) is 5.75 Å². The first-order valence-electron chi connectivity index (χ1n) is 8.61. The molecule has 3 nitrogen and oxygen atoms in total. The van der Waals surface area contributed by atoms with Gasteiger partial charge in [-0.3, -0.25) is 4.79 Å². The van der Waals surface area contributed by atoms with Crippen molar-refractivity contribution in [1.82, 2.24) is 5.32 Å². The number of benzene rings is 1. The Morgan fingerprint density at radius 1 is 1.08 bits per heavy atom. The van der Waals surface area contributed by atoms with E-state index in [-0.39, 0.29) is 16.8 Å². The zero-order valence-corrected chi connectivity index (χ0v) is 17.3. The Morgan fingerprint density at radius 2 is 1.58 bits per heavy atom. The summed E-state index contributed by atoms with van der Waals surface area (Å²) in [6.07, 6.45) is 1.13. The van der Waals surface area contributed by atoms with Crippen molar-refractivity contribution in [3.63, 3.8) is 0 Å². The average Bonchev–Trinajstić information content (AvgIpc) is 2.41. The lowest BCUT2D eigenvalue weighted by atomic mass is 9.79. The highest BCUT2D eigenvalue weighted by atomic mass is 32.2. The molecule has 0 aromatic heterocycles. The molecule has 0 amide bonds. The second kappa shape index (κ2) is 8.39. The van der Waals surface area contributed by atoms with Gasteiger partial charge < -0.3 is 10.1 Å². The minimum Gasteiger partial charge on any atom is -0.426 e. The Hall–Kier alpha value is -1.00. The summed E-state index contributed by atoms with van der Waals surface area (Å²) in [5, 5.41) is 3.19. The Morgan fingerprint density at radius 3 is 1.96 bits per heavy atom. The number of carbonyl (C=O) groups excluding carboxylic acids is 1. The van der Waals surface area contributed by atoms with Crippen molar-refractivity contribution < 1.29 is 9.53 Å². The van der Waals surface area contributed by atoms with Crippen LogP contribution in [-0.2, 0) is 15.6 Å². The number of ether oxygens (including phenoxy) is 1. The van der Waals surface area contributed by atoms with Gasteiger partial charge in [-0.1, -0.05) is 41.5 Å². The van der Waals surface area contributed by atoms with Crippen LogP contribution >= 0.6 is 11.8 Å². The molecule has 0 fully saturated rings. The number of hydrogen-bond donors (Lipinski definition) is 1. The second-order valence-electron chi connectivity index (χ2n) is 8.25. The van der Waals surface area contributed by atoms with Gasteiger partial charge in [0.05, 0.1) is 0 Å². The molecule has 136 valence electrons. The number of rotatable bonds is 6. The monoisotopic (exact) mass is 351 g/mol. The summed E-state index contributed by atoms with van der Waals surface area (Å²) in [5.41, 5.74) is 2.01. The van der Waals surface area contributed by atoms with Crippen LogP contribution in [0.5, 0.6) is 5.75 Å². The molecule has 0 saturated heterocycles. The van der Waals surface area contributed by atoms with E-state index in [0.29, 0.717) is 0 Å². The van der Waals surface area contributed by atoms with E-state index in [4.69, 9.17) is 4.74 Å². The van der Waals surface area contributed by atoms with Gasteiger partial charge in [0.2, 0.25) is 0 Å². The molecular weight excluding hydrogens is 318 g/mol. The third-order valence-corrected chi connectivity index (χ3v) is 4.83. The Labute approximate surface area is 151 Å². The molecule has 0 saturated carbocycles. The van der Waals surface area contributed by atoms with Crippen molar-refractivity contribution in [2.75, 3.05) is 19.3 Å². The summed E-state index contributed by atoms with van der Waals surface area (Å²) in [5.74, 6) is 1.54. The lowest BCUT2D eigenvalue weighted by Crippen LogP contribution is -2.21. The van der Waals surface area contributed by atoms with E-state index in [1.807, 2.05) is 18.8 Å². The first-order valence-corrected chi connectivity index (χ1v) is 9.60. The number of nitrogens with one attached hydrogen (secondary N) is 1. The van der Waals surface area contributed by atoms with Gasteiger partial charge in [-0.15, -0.1) is 11.8 Å². The van der Waals surface area contributed by atoms with Gasteiger partial charge in [-0.25, -0.2) is 0 Å². The van der Waals surface area contributed by atoms with Gasteiger partial charge in [0.15, 0.2) is 0 Å². The fourth-order valence-electron chi connectivity index (χ4n) is 2.49. The molecule has 0 aliphatic heterocycles. The van der Waals surface area contributed by atoms with Crippen LogP contribution in [-0.4, -0.2) is 25.3 Å². The highest BCUT2D eigenvalue weighted by Crippen LogP contribution is 2.42. The third kappa shape index (κ3) is 6.14. The molecule has 1 N–H and O–H groups in total. The van der Waals surface area contributed by atoms with E-state index in [1.54, 1.807) is 0 Å². The largest absolute Gasteiger partial charge is 0.426 e. The van der Waals surface area contributed by atoms with Gasteiger partial charge in [0.25, 0.3) is 0 Å². The van der Waals surface area contributed by atoms with Crippen LogP contribution in [0.25, 0.3) is 0 Å². The maximum absolute atomic E-state index is 11.7. The van der Waals surface area contributed by atoms with Crippen molar-refractivity contribution in [2.45, 2.75) is 70.6 Å². The molecule has 1 aromatic rings. The van der Waals surface area contributed by atoms with Crippen LogP contribution in [0.4, 0.5) is 0 Å². The average molecular weight is 352 g/mol. The first kappa shape index (κ1) is 21.0. The summed E-state index contributed by atoms with van der Waals surface area (Å²) in [4.78, 5) is 12.9. The summed E-state index contributed by atoms with van der Waals surface area (Å²) >= 11 is 1.87. The van der Waals surface area contributed by atoms with Crippen molar-refractivity contribution >= 4 is 17.7 Å². The fraction of sp³-hybridized carbons (Fsp3) is 0.650. The molecule has 1 aromatic carbocycles. The van der Waals surface area contributed by atoms with Crippen molar-refractivity contribution in [2.24, 2.45) is 0 Å². The molecule has 0 aliphatic rings. The molecule has 0 aliphatic carbocycles. The van der Waals surface area contributed by atoms with Crippen molar-refractivity contribution in [3.05, 3.63) is 23.3 Å². The van der Waals surface area contributed by atoms with Crippen LogP contribution < -0.4 is 10.1 Å². The Bertz CT molecular complexity index is 533. The van der Waals surface area contributed by atoms with E-state index in [0.717, 1.165) is 35.6 Å². The molecule has 0 radical (unpaired) electrons. The molecule has 0 bridgehead atoms. The molecule has 1 rings (SSSR count). The molecule has 4 heteroatoms. The zero-order chi connectivity index (χ0) is 18.5. The lowest BCUT2D eigenvalue weighted by Gasteiger charge is -2.29. The molecular formula is C20H33NO2S. The maximum Gasteiger partial charge on any atom is 0.308 e. The Balaban J connectivity index is 3.37. The number of carbonyl (C=O) groups is 1. The van der Waals surface area contributed by atoms with Crippen molar-refractivity contribution in [1.29, 1.82) is 0 Å². The highest BCUT2D eigenvalue weighted by molar-refractivity contribution is 7.99. The summed E-state index contributed by atoms with van der Waals surface area (Å²) in [7, 11) is 1.98. The maximum atomic E-state index is 11.7. The highest BCUT2D eigenvalue weighted by Gasteiger charge is 2.28. The van der Waals surface area contributed by atoms with Crippen LogP contribution in [0.3, 0.4) is 0 Å². The van der Waals surface area contributed by atoms with E-state index in [2.05, 4.69) is 59.0 Å². The van der Waals surface area contributed by atoms with E-state index in [9.17, 15) is 4.79 Å². The molecule has 0 unspecified atom stereocenters. The fourth-order valence-corrected chi connectivity index (χ4v) is 3.42. The molecule has 0 heterocycles. The predicted molar refractivity (Wildman–Crippen MR) is 104 cm³/mol. The van der Waals surface area contributed by atoms with Crippen LogP contribution in [0, 0.1) is 0 Å². The zero-order valence-electron chi connectivity index (χ0n) is 16.5. The number of hydrogen-bond acceptors (Lipinski definition) is 4. The number of thioether (sulfide) groups is 1. The van der Waals surface area contributed by atoms with Crippen LogP contribution in [0.15, 0.2) is 17.0 Å². The summed E-state index contributed by atoms with van der Waals surface area (Å²) in [6, 6.07) is 4.38. The SMILES string of the molecule is CNCCCSc1cc(C(C)(C)C)c(OC(C)=O)c(C(C)(C)C)c1. The summed E-state index contributed by atoms with van der Waals surface area (Å²) in [6.45, 7) is 15.5.